The van der Waals surface area contributed by atoms with E-state index < -0.39 is 30.2 Å². The number of imide groups is 1. The maximum Gasteiger partial charge on any atom is 0.322 e. The van der Waals surface area contributed by atoms with Gasteiger partial charge in [-0.25, -0.2) is 4.79 Å². The van der Waals surface area contributed by atoms with Crippen LogP contribution < -0.4 is 10.6 Å². The van der Waals surface area contributed by atoms with Crippen LogP contribution in [0.3, 0.4) is 0 Å². The minimum absolute atomic E-state index is 0.143. The average Bonchev–Trinajstić information content (AvgIpc) is 2.82. The SMILES string of the molecule is O=CN(Cc1ccc(Cl)cc1)C[C@@]1([C@H](O)CO)NC(=O)NC1=O. The van der Waals surface area contributed by atoms with Gasteiger partial charge in [-0.15, -0.1) is 0 Å². The van der Waals surface area contributed by atoms with Crippen LogP contribution in [0.5, 0.6) is 0 Å². The molecule has 1 aliphatic heterocycles. The molecule has 1 aliphatic rings. The van der Waals surface area contributed by atoms with Crippen molar-refractivity contribution in [1.82, 2.24) is 15.5 Å². The highest BCUT2D eigenvalue weighted by atomic mass is 35.5. The van der Waals surface area contributed by atoms with Gasteiger partial charge in [0.1, 0.15) is 6.10 Å². The quantitative estimate of drug-likeness (QED) is 0.383. The molecule has 0 aliphatic carbocycles. The van der Waals surface area contributed by atoms with E-state index in [1.54, 1.807) is 24.3 Å². The van der Waals surface area contributed by atoms with E-state index in [1.165, 1.54) is 4.90 Å². The van der Waals surface area contributed by atoms with Gasteiger partial charge in [0.25, 0.3) is 5.91 Å². The van der Waals surface area contributed by atoms with Crippen LogP contribution in [-0.4, -0.2) is 58.3 Å². The Kier molecular flexibility index (Phi) is 5.19. The number of aliphatic hydroxyl groups is 2. The summed E-state index contributed by atoms with van der Waals surface area (Å²) in [5.41, 5.74) is -1.04. The maximum absolute atomic E-state index is 12.0. The van der Waals surface area contributed by atoms with Crippen LogP contribution in [0, 0.1) is 0 Å². The summed E-state index contributed by atoms with van der Waals surface area (Å²) in [5.74, 6) is -0.799. The molecule has 0 aromatic heterocycles. The summed E-state index contributed by atoms with van der Waals surface area (Å²) < 4.78 is 0. The summed E-state index contributed by atoms with van der Waals surface area (Å²) in [6.07, 6.45) is -1.06. The summed E-state index contributed by atoms with van der Waals surface area (Å²) in [6.45, 7) is -0.899. The van der Waals surface area contributed by atoms with E-state index in [0.29, 0.717) is 11.4 Å². The highest BCUT2D eigenvalue weighted by Crippen LogP contribution is 2.19. The van der Waals surface area contributed by atoms with Crippen LogP contribution in [0.25, 0.3) is 0 Å². The van der Waals surface area contributed by atoms with Crippen LogP contribution in [0.2, 0.25) is 5.02 Å². The normalized spacial score (nSPS) is 21.5. The summed E-state index contributed by atoms with van der Waals surface area (Å²) in [5, 5.41) is 24.0. The average molecular weight is 342 g/mol. The molecule has 2 atom stereocenters. The maximum atomic E-state index is 12.0. The zero-order valence-corrected chi connectivity index (χ0v) is 12.8. The topological polar surface area (TPSA) is 119 Å². The number of benzene rings is 1. The fourth-order valence-electron chi connectivity index (χ4n) is 2.39. The largest absolute Gasteiger partial charge is 0.394 e. The smallest absolute Gasteiger partial charge is 0.322 e. The van der Waals surface area contributed by atoms with Crippen LogP contribution in [-0.2, 0) is 16.1 Å². The molecule has 0 saturated carbocycles. The molecular weight excluding hydrogens is 326 g/mol. The Bertz CT molecular complexity index is 609. The van der Waals surface area contributed by atoms with E-state index in [2.05, 4.69) is 5.32 Å². The fraction of sp³-hybridized carbons (Fsp3) is 0.357. The lowest BCUT2D eigenvalue weighted by atomic mass is 9.92. The van der Waals surface area contributed by atoms with Crippen molar-refractivity contribution < 1.29 is 24.6 Å². The molecule has 1 saturated heterocycles. The van der Waals surface area contributed by atoms with Crippen LogP contribution >= 0.6 is 11.6 Å². The molecule has 1 aromatic carbocycles. The molecule has 0 spiro atoms. The molecule has 4 N–H and O–H groups in total. The first-order valence-electron chi connectivity index (χ1n) is 6.77. The van der Waals surface area contributed by atoms with Crippen molar-refractivity contribution in [2.45, 2.75) is 18.2 Å². The summed E-state index contributed by atoms with van der Waals surface area (Å²) in [7, 11) is 0. The first-order valence-corrected chi connectivity index (χ1v) is 7.15. The molecule has 0 unspecified atom stereocenters. The van der Waals surface area contributed by atoms with E-state index in [-0.39, 0.29) is 13.1 Å². The first-order chi connectivity index (χ1) is 10.9. The molecule has 8 nitrogen and oxygen atoms in total. The van der Waals surface area contributed by atoms with Gasteiger partial charge in [-0.3, -0.25) is 14.9 Å². The molecule has 4 amide bonds. The summed E-state index contributed by atoms with van der Waals surface area (Å²) in [4.78, 5) is 36.0. The third-order valence-corrected chi connectivity index (χ3v) is 3.86. The number of urea groups is 1. The molecule has 0 bridgehead atoms. The molecule has 2 rings (SSSR count). The van der Waals surface area contributed by atoms with Crippen molar-refractivity contribution in [3.8, 4) is 0 Å². The van der Waals surface area contributed by atoms with Crippen molar-refractivity contribution in [2.24, 2.45) is 0 Å². The highest BCUT2D eigenvalue weighted by Gasteiger charge is 2.52. The number of hydrogen-bond acceptors (Lipinski definition) is 5. The van der Waals surface area contributed by atoms with Crippen molar-refractivity contribution in [3.63, 3.8) is 0 Å². The fourth-order valence-corrected chi connectivity index (χ4v) is 2.51. The zero-order chi connectivity index (χ0) is 17.0. The Labute approximate surface area is 137 Å². The van der Waals surface area contributed by atoms with Gasteiger partial charge in [0.05, 0.1) is 13.2 Å². The second-order valence-electron chi connectivity index (χ2n) is 5.21. The number of amides is 4. The van der Waals surface area contributed by atoms with E-state index in [4.69, 9.17) is 16.7 Å². The number of hydrogen-bond donors (Lipinski definition) is 4. The van der Waals surface area contributed by atoms with Crippen LogP contribution in [0.1, 0.15) is 5.56 Å². The zero-order valence-electron chi connectivity index (χ0n) is 12.0. The van der Waals surface area contributed by atoms with Crippen molar-refractivity contribution in [1.29, 1.82) is 0 Å². The third-order valence-electron chi connectivity index (χ3n) is 3.61. The lowest BCUT2D eigenvalue weighted by molar-refractivity contribution is -0.132. The second kappa shape index (κ2) is 6.95. The summed E-state index contributed by atoms with van der Waals surface area (Å²) in [6, 6.07) is 5.94. The van der Waals surface area contributed by atoms with Crippen LogP contribution in [0.15, 0.2) is 24.3 Å². The van der Waals surface area contributed by atoms with Gasteiger partial charge < -0.3 is 20.4 Å². The van der Waals surface area contributed by atoms with E-state index in [0.717, 1.165) is 5.56 Å². The molecule has 9 heteroatoms. The number of nitrogens with zero attached hydrogens (tertiary/aromatic N) is 1. The standard InChI is InChI=1S/C14H16ClN3O5/c15-10-3-1-9(2-4-10)5-18(8-20)7-14(11(21)6-19)12(22)16-13(23)17-14/h1-4,8,11,19,21H,5-7H2,(H2,16,17,22,23)/t11-,14+/m1/s1. The molecule has 1 aromatic rings. The molecule has 124 valence electrons. The minimum atomic E-state index is -1.79. The second-order valence-corrected chi connectivity index (χ2v) is 5.65. The van der Waals surface area contributed by atoms with Gasteiger partial charge in [0.15, 0.2) is 5.54 Å². The van der Waals surface area contributed by atoms with Gasteiger partial charge in [0, 0.05) is 11.6 Å². The molecule has 1 heterocycles. The van der Waals surface area contributed by atoms with E-state index >= 15 is 0 Å². The van der Waals surface area contributed by atoms with Gasteiger partial charge in [-0.2, -0.15) is 0 Å². The number of nitrogens with one attached hydrogen (secondary N) is 2. The predicted octanol–water partition coefficient (Wildman–Crippen LogP) is -0.770. The van der Waals surface area contributed by atoms with E-state index in [1.807, 2.05) is 5.32 Å². The van der Waals surface area contributed by atoms with Gasteiger partial charge in [0.2, 0.25) is 6.41 Å². The van der Waals surface area contributed by atoms with Gasteiger partial charge in [-0.05, 0) is 17.7 Å². The Morgan fingerprint density at radius 2 is 1.96 bits per heavy atom. The Balaban J connectivity index is 2.19. The first kappa shape index (κ1) is 17.2. The van der Waals surface area contributed by atoms with Crippen molar-refractivity contribution in [3.05, 3.63) is 34.9 Å². The predicted molar refractivity (Wildman–Crippen MR) is 80.4 cm³/mol. The van der Waals surface area contributed by atoms with E-state index in [9.17, 15) is 19.5 Å². The van der Waals surface area contributed by atoms with Gasteiger partial charge >= 0.3 is 6.03 Å². The monoisotopic (exact) mass is 341 g/mol. The number of rotatable bonds is 7. The van der Waals surface area contributed by atoms with Gasteiger partial charge in [-0.1, -0.05) is 23.7 Å². The highest BCUT2D eigenvalue weighted by molar-refractivity contribution is 6.30. The Morgan fingerprint density at radius 3 is 2.43 bits per heavy atom. The summed E-state index contributed by atoms with van der Waals surface area (Å²) >= 11 is 5.79. The molecule has 0 radical (unpaired) electrons. The number of halogens is 1. The lowest BCUT2D eigenvalue weighted by Crippen LogP contribution is -2.63. The Hall–Kier alpha value is -2.16. The van der Waals surface area contributed by atoms with Crippen molar-refractivity contribution in [2.75, 3.05) is 13.2 Å². The number of carbonyl (C=O) groups excluding carboxylic acids is 3. The molecule has 1 fully saturated rings. The van der Waals surface area contributed by atoms with Crippen LogP contribution in [0.4, 0.5) is 4.79 Å². The third kappa shape index (κ3) is 3.61. The minimum Gasteiger partial charge on any atom is -0.394 e. The Morgan fingerprint density at radius 1 is 1.30 bits per heavy atom. The molecule has 23 heavy (non-hydrogen) atoms. The lowest BCUT2D eigenvalue weighted by Gasteiger charge is -2.34. The number of carbonyl (C=O) groups is 3. The number of aliphatic hydroxyl groups excluding tert-OH is 2. The van der Waals surface area contributed by atoms with Crippen molar-refractivity contribution >= 4 is 29.9 Å². The molecular formula is C14H16ClN3O5.